The molecule has 178 valence electrons. The number of anilines is 2. The van der Waals surface area contributed by atoms with Gasteiger partial charge in [0.15, 0.2) is 0 Å². The first-order valence-electron chi connectivity index (χ1n) is 10.6. The topological polar surface area (TPSA) is 92.8 Å². The highest BCUT2D eigenvalue weighted by atomic mass is 79.9. The van der Waals surface area contributed by atoms with Crippen LogP contribution in [-0.4, -0.2) is 33.9 Å². The van der Waals surface area contributed by atoms with E-state index in [0.29, 0.717) is 20.7 Å². The number of benzene rings is 2. The average Bonchev–Trinajstić information content (AvgIpc) is 3.38. The second kappa shape index (κ2) is 9.89. The van der Waals surface area contributed by atoms with Gasteiger partial charge in [0.1, 0.15) is 11.5 Å². The van der Waals surface area contributed by atoms with Crippen LogP contribution in [0.3, 0.4) is 0 Å². The Balaban J connectivity index is 1.67. The van der Waals surface area contributed by atoms with Gasteiger partial charge in [-0.2, -0.15) is 0 Å². The standard InChI is InChI=1S/C24H23BrN2O5S2/c1-15-9-11-18(12-10-15)34(30,31)27(17-6-3-5-16(25)13-17)14-21(28)26-23-22(24(29)32-2)19-7-4-8-20(19)33-23/h3,5-6,9-13H,4,7-8,14H2,1-2H3,(H,26,28). The Kier molecular flexibility index (Phi) is 7.11. The van der Waals surface area contributed by atoms with Crippen LogP contribution in [0.2, 0.25) is 0 Å². The number of carbonyl (C=O) groups is 2. The summed E-state index contributed by atoms with van der Waals surface area (Å²) in [5, 5.41) is 3.16. The molecule has 0 unspecified atom stereocenters. The second-order valence-electron chi connectivity index (χ2n) is 7.91. The van der Waals surface area contributed by atoms with Crippen molar-refractivity contribution in [3.8, 4) is 0 Å². The fraction of sp³-hybridized carbons (Fsp3) is 0.250. The van der Waals surface area contributed by atoms with Crippen molar-refractivity contribution in [2.75, 3.05) is 23.3 Å². The molecule has 0 atom stereocenters. The number of aryl methyl sites for hydroxylation is 2. The third kappa shape index (κ3) is 4.89. The number of methoxy groups -OCH3 is 1. The highest BCUT2D eigenvalue weighted by Crippen LogP contribution is 2.39. The van der Waals surface area contributed by atoms with E-state index in [1.54, 1.807) is 36.4 Å². The molecule has 0 spiro atoms. The maximum atomic E-state index is 13.5. The number of hydrogen-bond acceptors (Lipinski definition) is 6. The smallest absolute Gasteiger partial charge is 0.341 e. The molecule has 2 aromatic carbocycles. The Hall–Kier alpha value is -2.69. The number of halogens is 1. The van der Waals surface area contributed by atoms with Gasteiger partial charge in [-0.05, 0) is 62.1 Å². The van der Waals surface area contributed by atoms with Gasteiger partial charge in [0.05, 0.1) is 23.3 Å². The normalized spacial score (nSPS) is 12.8. The zero-order valence-corrected chi connectivity index (χ0v) is 21.8. The Morgan fingerprint density at radius 1 is 1.15 bits per heavy atom. The molecule has 7 nitrogen and oxygen atoms in total. The molecule has 1 aliphatic rings. The van der Waals surface area contributed by atoms with E-state index in [0.717, 1.165) is 39.6 Å². The van der Waals surface area contributed by atoms with Crippen LogP contribution in [0.15, 0.2) is 57.9 Å². The van der Waals surface area contributed by atoms with E-state index < -0.39 is 28.4 Å². The first-order chi connectivity index (χ1) is 16.2. The van der Waals surface area contributed by atoms with Crippen molar-refractivity contribution in [1.82, 2.24) is 0 Å². The monoisotopic (exact) mass is 562 g/mol. The van der Waals surface area contributed by atoms with Crippen molar-refractivity contribution in [3.63, 3.8) is 0 Å². The maximum absolute atomic E-state index is 13.5. The minimum atomic E-state index is -4.04. The summed E-state index contributed by atoms with van der Waals surface area (Å²) >= 11 is 4.71. The van der Waals surface area contributed by atoms with Gasteiger partial charge in [0.2, 0.25) is 5.91 Å². The lowest BCUT2D eigenvalue weighted by atomic mass is 10.1. The Morgan fingerprint density at radius 3 is 2.56 bits per heavy atom. The van der Waals surface area contributed by atoms with E-state index in [4.69, 9.17) is 4.74 Å². The number of thiophene rings is 1. The molecular formula is C24H23BrN2O5S2. The number of hydrogen-bond donors (Lipinski definition) is 1. The molecule has 0 saturated heterocycles. The van der Waals surface area contributed by atoms with Gasteiger partial charge in [0, 0.05) is 9.35 Å². The van der Waals surface area contributed by atoms with Crippen LogP contribution < -0.4 is 9.62 Å². The van der Waals surface area contributed by atoms with Crippen LogP contribution in [0.1, 0.15) is 32.8 Å². The number of nitrogens with one attached hydrogen (secondary N) is 1. The van der Waals surface area contributed by atoms with Crippen LogP contribution in [-0.2, 0) is 32.4 Å². The highest BCUT2D eigenvalue weighted by Gasteiger charge is 2.31. The third-order valence-electron chi connectivity index (χ3n) is 5.56. The SMILES string of the molecule is COC(=O)c1c(NC(=O)CN(c2cccc(Br)c2)S(=O)(=O)c2ccc(C)cc2)sc2c1CCC2. The summed E-state index contributed by atoms with van der Waals surface area (Å²) in [7, 11) is -2.74. The molecule has 0 aliphatic heterocycles. The van der Waals surface area contributed by atoms with Gasteiger partial charge in [-0.3, -0.25) is 9.10 Å². The zero-order chi connectivity index (χ0) is 24.5. The predicted molar refractivity (Wildman–Crippen MR) is 136 cm³/mol. The number of ether oxygens (including phenoxy) is 1. The molecule has 1 N–H and O–H groups in total. The average molecular weight is 563 g/mol. The summed E-state index contributed by atoms with van der Waals surface area (Å²) in [5.74, 6) is -1.06. The van der Waals surface area contributed by atoms with Gasteiger partial charge < -0.3 is 10.1 Å². The fourth-order valence-corrected chi connectivity index (χ4v) is 6.98. The minimum absolute atomic E-state index is 0.0798. The van der Waals surface area contributed by atoms with Crippen molar-refractivity contribution in [3.05, 3.63) is 74.6 Å². The Morgan fingerprint density at radius 2 is 1.88 bits per heavy atom. The van der Waals surface area contributed by atoms with E-state index in [-0.39, 0.29) is 4.90 Å². The van der Waals surface area contributed by atoms with Crippen LogP contribution in [0, 0.1) is 6.92 Å². The molecule has 3 aromatic rings. The van der Waals surface area contributed by atoms with E-state index in [1.165, 1.54) is 30.6 Å². The van der Waals surface area contributed by atoms with Gasteiger partial charge in [-0.15, -0.1) is 11.3 Å². The number of carbonyl (C=O) groups excluding carboxylic acids is 2. The summed E-state index contributed by atoms with van der Waals surface area (Å²) in [6.45, 7) is 1.41. The Labute approximate surface area is 210 Å². The fourth-order valence-electron chi connectivity index (χ4n) is 3.89. The molecule has 1 heterocycles. The van der Waals surface area contributed by atoms with Crippen molar-refractivity contribution >= 4 is 59.9 Å². The molecular weight excluding hydrogens is 540 g/mol. The zero-order valence-electron chi connectivity index (χ0n) is 18.6. The molecule has 34 heavy (non-hydrogen) atoms. The summed E-state index contributed by atoms with van der Waals surface area (Å²) in [4.78, 5) is 26.7. The minimum Gasteiger partial charge on any atom is -0.465 e. The first kappa shape index (κ1) is 24.4. The van der Waals surface area contributed by atoms with Crippen molar-refractivity contribution in [2.45, 2.75) is 31.1 Å². The van der Waals surface area contributed by atoms with Gasteiger partial charge in [-0.1, -0.05) is 39.7 Å². The molecule has 0 saturated carbocycles. The van der Waals surface area contributed by atoms with E-state index in [2.05, 4.69) is 21.2 Å². The number of rotatable bonds is 7. The van der Waals surface area contributed by atoms with Crippen LogP contribution in [0.4, 0.5) is 10.7 Å². The number of nitrogens with zero attached hydrogens (tertiary/aromatic N) is 1. The maximum Gasteiger partial charge on any atom is 0.341 e. The first-order valence-corrected chi connectivity index (χ1v) is 13.6. The van der Waals surface area contributed by atoms with Gasteiger partial charge >= 0.3 is 5.97 Å². The van der Waals surface area contributed by atoms with Gasteiger partial charge in [0.25, 0.3) is 10.0 Å². The quantitative estimate of drug-likeness (QED) is 0.412. The molecule has 10 heteroatoms. The van der Waals surface area contributed by atoms with E-state index in [9.17, 15) is 18.0 Å². The van der Waals surface area contributed by atoms with Crippen LogP contribution >= 0.6 is 27.3 Å². The van der Waals surface area contributed by atoms with Crippen LogP contribution in [0.25, 0.3) is 0 Å². The molecule has 0 radical (unpaired) electrons. The summed E-state index contributed by atoms with van der Waals surface area (Å²) in [5.41, 5.74) is 2.53. The summed E-state index contributed by atoms with van der Waals surface area (Å²) in [6, 6.07) is 13.2. The predicted octanol–water partition coefficient (Wildman–Crippen LogP) is 4.93. The lowest BCUT2D eigenvalue weighted by molar-refractivity contribution is -0.114. The van der Waals surface area contributed by atoms with Crippen molar-refractivity contribution < 1.29 is 22.7 Å². The van der Waals surface area contributed by atoms with Crippen molar-refractivity contribution in [2.24, 2.45) is 0 Å². The summed E-state index contributed by atoms with van der Waals surface area (Å²) in [6.07, 6.45) is 2.54. The number of esters is 1. The van der Waals surface area contributed by atoms with Crippen molar-refractivity contribution in [1.29, 1.82) is 0 Å². The van der Waals surface area contributed by atoms with E-state index >= 15 is 0 Å². The summed E-state index contributed by atoms with van der Waals surface area (Å²) < 4.78 is 33.8. The molecule has 4 rings (SSSR count). The highest BCUT2D eigenvalue weighted by molar-refractivity contribution is 9.10. The second-order valence-corrected chi connectivity index (χ2v) is 11.8. The lowest BCUT2D eigenvalue weighted by Crippen LogP contribution is -2.38. The largest absolute Gasteiger partial charge is 0.465 e. The number of sulfonamides is 1. The molecule has 0 fully saturated rings. The number of fused-ring (bicyclic) bond motifs is 1. The van der Waals surface area contributed by atoms with E-state index in [1.807, 2.05) is 6.92 Å². The molecule has 0 bridgehead atoms. The Bertz CT molecular complexity index is 1350. The van der Waals surface area contributed by atoms with Gasteiger partial charge in [-0.25, -0.2) is 13.2 Å². The molecule has 1 aromatic heterocycles. The number of amides is 1. The molecule has 1 aliphatic carbocycles. The third-order valence-corrected chi connectivity index (χ3v) is 9.04. The molecule has 1 amide bonds. The van der Waals surface area contributed by atoms with Crippen LogP contribution in [0.5, 0.6) is 0 Å². The lowest BCUT2D eigenvalue weighted by Gasteiger charge is -2.24.